The van der Waals surface area contributed by atoms with Crippen molar-refractivity contribution in [1.82, 2.24) is 14.9 Å². The molecule has 0 aliphatic heterocycles. The number of rotatable bonds is 11. The van der Waals surface area contributed by atoms with Crippen LogP contribution in [0.1, 0.15) is 12.8 Å². The zero-order valence-corrected chi connectivity index (χ0v) is 12.1. The Labute approximate surface area is 110 Å². The number of nitrogens with one attached hydrogen (secondary N) is 2. The van der Waals surface area contributed by atoms with Gasteiger partial charge in [-0.15, -0.1) is 0 Å². The Morgan fingerprint density at radius 2 is 2.00 bits per heavy atom. The molecule has 0 aromatic rings. The molecule has 18 heavy (non-hydrogen) atoms. The summed E-state index contributed by atoms with van der Waals surface area (Å²) in [5.74, 6) is 0.158. The van der Waals surface area contributed by atoms with Gasteiger partial charge in [-0.3, -0.25) is 0 Å². The lowest BCUT2D eigenvalue weighted by Gasteiger charge is -2.16. The predicted octanol–water partition coefficient (Wildman–Crippen LogP) is -0.764. The average Bonchev–Trinajstić information content (AvgIpc) is 3.10. The molecule has 0 radical (unpaired) electrons. The van der Waals surface area contributed by atoms with E-state index in [9.17, 15) is 8.42 Å². The Morgan fingerprint density at radius 3 is 2.61 bits per heavy atom. The number of hydrogen-bond acceptors (Lipinski definition) is 5. The van der Waals surface area contributed by atoms with Gasteiger partial charge in [0, 0.05) is 39.3 Å². The molecule has 0 heterocycles. The minimum Gasteiger partial charge on any atom is -0.383 e. The molecular formula is C11H25N3O3S. The number of ether oxygens (including phenoxy) is 1. The zero-order valence-electron chi connectivity index (χ0n) is 11.3. The van der Waals surface area contributed by atoms with Crippen molar-refractivity contribution in [2.75, 3.05) is 52.7 Å². The predicted molar refractivity (Wildman–Crippen MR) is 72.2 cm³/mol. The molecule has 7 heteroatoms. The summed E-state index contributed by atoms with van der Waals surface area (Å²) < 4.78 is 30.8. The van der Waals surface area contributed by atoms with Gasteiger partial charge >= 0.3 is 0 Å². The van der Waals surface area contributed by atoms with Gasteiger partial charge in [-0.05, 0) is 19.9 Å². The van der Waals surface area contributed by atoms with Crippen molar-refractivity contribution in [1.29, 1.82) is 0 Å². The van der Waals surface area contributed by atoms with E-state index in [0.29, 0.717) is 32.3 Å². The molecule has 1 saturated carbocycles. The topological polar surface area (TPSA) is 70.7 Å². The fourth-order valence-corrected chi connectivity index (χ4v) is 2.44. The number of nitrogens with zero attached hydrogens (tertiary/aromatic N) is 1. The highest BCUT2D eigenvalue weighted by molar-refractivity contribution is 7.89. The summed E-state index contributed by atoms with van der Waals surface area (Å²) in [5.41, 5.74) is 0. The molecule has 1 aliphatic rings. The number of hydrogen-bond donors (Lipinski definition) is 2. The van der Waals surface area contributed by atoms with Crippen LogP contribution < -0.4 is 10.0 Å². The van der Waals surface area contributed by atoms with Crippen LogP contribution in [0.2, 0.25) is 0 Å². The van der Waals surface area contributed by atoms with Gasteiger partial charge < -0.3 is 15.0 Å². The maximum Gasteiger partial charge on any atom is 0.212 e. The fourth-order valence-electron chi connectivity index (χ4n) is 1.51. The molecule has 2 N–H and O–H groups in total. The monoisotopic (exact) mass is 279 g/mol. The van der Waals surface area contributed by atoms with E-state index in [-0.39, 0.29) is 5.75 Å². The van der Waals surface area contributed by atoms with E-state index in [4.69, 9.17) is 4.74 Å². The molecule has 0 saturated heterocycles. The summed E-state index contributed by atoms with van der Waals surface area (Å²) in [5, 5.41) is 3.19. The first-order valence-corrected chi connectivity index (χ1v) is 8.07. The molecule has 0 amide bonds. The van der Waals surface area contributed by atoms with E-state index in [1.165, 1.54) is 12.8 Å². The lowest BCUT2D eigenvalue weighted by molar-refractivity contribution is 0.162. The highest BCUT2D eigenvalue weighted by Crippen LogP contribution is 2.17. The Hall–Kier alpha value is -0.210. The minimum absolute atomic E-state index is 0.158. The summed E-state index contributed by atoms with van der Waals surface area (Å²) in [4.78, 5) is 2.04. The summed E-state index contributed by atoms with van der Waals surface area (Å²) >= 11 is 0. The molecule has 0 spiro atoms. The van der Waals surface area contributed by atoms with Crippen molar-refractivity contribution in [3.8, 4) is 0 Å². The first-order valence-electron chi connectivity index (χ1n) is 6.42. The summed E-state index contributed by atoms with van der Waals surface area (Å²) in [6.45, 7) is 3.15. The van der Waals surface area contributed by atoms with Crippen molar-refractivity contribution in [2.45, 2.75) is 18.9 Å². The smallest absolute Gasteiger partial charge is 0.212 e. The van der Waals surface area contributed by atoms with Crippen molar-refractivity contribution in [3.05, 3.63) is 0 Å². The van der Waals surface area contributed by atoms with Gasteiger partial charge in [-0.2, -0.15) is 0 Å². The summed E-state index contributed by atoms with van der Waals surface area (Å²) in [7, 11) is 0.467. The molecule has 0 unspecified atom stereocenters. The fraction of sp³-hybridized carbons (Fsp3) is 1.00. The van der Waals surface area contributed by atoms with Crippen LogP contribution in [0.15, 0.2) is 0 Å². The highest BCUT2D eigenvalue weighted by atomic mass is 32.2. The van der Waals surface area contributed by atoms with Crippen LogP contribution in [0.4, 0.5) is 0 Å². The second-order valence-electron chi connectivity index (χ2n) is 4.74. The molecule has 6 nitrogen and oxygen atoms in total. The highest BCUT2D eigenvalue weighted by Gasteiger charge is 2.21. The second kappa shape index (κ2) is 8.06. The van der Waals surface area contributed by atoms with E-state index < -0.39 is 10.0 Å². The van der Waals surface area contributed by atoms with Crippen molar-refractivity contribution >= 4 is 10.0 Å². The van der Waals surface area contributed by atoms with Gasteiger partial charge in [0.05, 0.1) is 12.4 Å². The van der Waals surface area contributed by atoms with Crippen molar-refractivity contribution < 1.29 is 13.2 Å². The van der Waals surface area contributed by atoms with Gasteiger partial charge in [0.25, 0.3) is 0 Å². The third kappa shape index (κ3) is 7.99. The van der Waals surface area contributed by atoms with Gasteiger partial charge in [0.2, 0.25) is 10.0 Å². The van der Waals surface area contributed by atoms with Crippen LogP contribution in [0.25, 0.3) is 0 Å². The number of sulfonamides is 1. The van der Waals surface area contributed by atoms with Gasteiger partial charge in [0.15, 0.2) is 0 Å². The van der Waals surface area contributed by atoms with E-state index in [1.54, 1.807) is 7.11 Å². The Kier molecular flexibility index (Phi) is 7.10. The second-order valence-corrected chi connectivity index (χ2v) is 6.66. The Morgan fingerprint density at radius 1 is 1.28 bits per heavy atom. The quantitative estimate of drug-likeness (QED) is 0.520. The first-order chi connectivity index (χ1) is 8.53. The molecule has 0 aromatic carbocycles. The molecule has 1 fully saturated rings. The summed E-state index contributed by atoms with van der Waals surface area (Å²) in [6, 6.07) is 0.556. The third-order valence-electron chi connectivity index (χ3n) is 2.87. The molecule has 0 atom stereocenters. The molecule has 1 rings (SSSR count). The average molecular weight is 279 g/mol. The Balaban J connectivity index is 2.04. The van der Waals surface area contributed by atoms with Gasteiger partial charge in [-0.1, -0.05) is 0 Å². The lowest BCUT2D eigenvalue weighted by atomic mass is 10.5. The zero-order chi connectivity index (χ0) is 13.4. The van der Waals surface area contributed by atoms with Crippen molar-refractivity contribution in [3.63, 3.8) is 0 Å². The molecule has 0 aromatic heterocycles. The van der Waals surface area contributed by atoms with E-state index >= 15 is 0 Å². The van der Waals surface area contributed by atoms with Gasteiger partial charge in [-0.25, -0.2) is 13.1 Å². The van der Waals surface area contributed by atoms with Crippen LogP contribution in [-0.2, 0) is 14.8 Å². The Bertz CT molecular complexity index is 317. The van der Waals surface area contributed by atoms with E-state index in [0.717, 1.165) is 6.54 Å². The summed E-state index contributed by atoms with van der Waals surface area (Å²) in [6.07, 6.45) is 2.36. The molecule has 108 valence electrons. The molecule has 0 bridgehead atoms. The van der Waals surface area contributed by atoms with E-state index in [1.807, 2.05) is 11.9 Å². The maximum absolute atomic E-state index is 11.6. The maximum atomic E-state index is 11.6. The van der Waals surface area contributed by atoms with Crippen LogP contribution >= 0.6 is 0 Å². The number of methoxy groups -OCH3 is 1. The standard InChI is InChI=1S/C11H25N3O3S/c1-14(8-9-17-2)7-5-13-18(15,16)10-6-12-11-3-4-11/h11-13H,3-10H2,1-2H3. The van der Waals surface area contributed by atoms with Crippen LogP contribution in [0, 0.1) is 0 Å². The lowest BCUT2D eigenvalue weighted by Crippen LogP contribution is -2.37. The normalized spacial score (nSPS) is 16.4. The number of likely N-dealkylation sites (N-methyl/N-ethyl adjacent to an activating group) is 1. The molecule has 1 aliphatic carbocycles. The third-order valence-corrected chi connectivity index (χ3v) is 4.26. The first kappa shape index (κ1) is 15.8. The van der Waals surface area contributed by atoms with Crippen molar-refractivity contribution in [2.24, 2.45) is 0 Å². The van der Waals surface area contributed by atoms with E-state index in [2.05, 4.69) is 10.0 Å². The van der Waals surface area contributed by atoms with Gasteiger partial charge in [0.1, 0.15) is 0 Å². The van der Waals surface area contributed by atoms with Crippen LogP contribution in [0.5, 0.6) is 0 Å². The molecular weight excluding hydrogens is 254 g/mol. The van der Waals surface area contributed by atoms with Crippen LogP contribution in [0.3, 0.4) is 0 Å². The largest absolute Gasteiger partial charge is 0.383 e. The van der Waals surface area contributed by atoms with Crippen LogP contribution in [-0.4, -0.2) is 72.1 Å². The minimum atomic E-state index is -3.14. The SMILES string of the molecule is COCCN(C)CCNS(=O)(=O)CCNC1CC1.